The normalized spacial score (nSPS) is 33.3. The van der Waals surface area contributed by atoms with Crippen molar-refractivity contribution in [2.45, 2.75) is 44.4 Å². The van der Waals surface area contributed by atoms with Crippen molar-refractivity contribution in [3.8, 4) is 0 Å². The van der Waals surface area contributed by atoms with Gasteiger partial charge in [0.25, 0.3) is 0 Å². The van der Waals surface area contributed by atoms with Crippen LogP contribution in [0.1, 0.15) is 24.8 Å². The monoisotopic (exact) mass is 204 g/mol. The molecule has 2 saturated heterocycles. The number of fused-ring (bicyclic) bond motifs is 2. The second-order valence-electron chi connectivity index (χ2n) is 4.58. The first-order valence-corrected chi connectivity index (χ1v) is 5.66. The number of aromatic nitrogens is 1. The second kappa shape index (κ2) is 3.49. The molecule has 2 fully saturated rings. The van der Waals surface area contributed by atoms with Crippen LogP contribution in [0.4, 0.5) is 5.82 Å². The van der Waals surface area contributed by atoms with E-state index in [4.69, 9.17) is 4.74 Å². The zero-order valence-electron chi connectivity index (χ0n) is 8.94. The molecule has 1 aromatic rings. The van der Waals surface area contributed by atoms with Gasteiger partial charge >= 0.3 is 0 Å². The molecule has 1 N–H and O–H groups in total. The van der Waals surface area contributed by atoms with E-state index in [1.807, 2.05) is 12.3 Å². The Morgan fingerprint density at radius 1 is 1.47 bits per heavy atom. The molecule has 3 unspecified atom stereocenters. The van der Waals surface area contributed by atoms with Gasteiger partial charge in [-0.1, -0.05) is 0 Å². The van der Waals surface area contributed by atoms with Crippen LogP contribution in [0.2, 0.25) is 0 Å². The lowest BCUT2D eigenvalue weighted by molar-refractivity contribution is 0.102. The molecule has 2 aliphatic rings. The maximum Gasteiger partial charge on any atom is 0.126 e. The summed E-state index contributed by atoms with van der Waals surface area (Å²) in [6, 6.07) is 4.58. The molecule has 80 valence electrons. The third-order valence-electron chi connectivity index (χ3n) is 3.35. The number of hydrogen-bond donors (Lipinski definition) is 1. The first-order chi connectivity index (χ1) is 7.31. The molecular weight excluding hydrogens is 188 g/mol. The molecule has 0 radical (unpaired) electrons. The first-order valence-electron chi connectivity index (χ1n) is 5.66. The lowest BCUT2D eigenvalue weighted by atomic mass is 9.95. The smallest absolute Gasteiger partial charge is 0.126 e. The van der Waals surface area contributed by atoms with E-state index in [-0.39, 0.29) is 0 Å². The molecular formula is C12H16N2O. The summed E-state index contributed by atoms with van der Waals surface area (Å²) < 4.78 is 5.80. The molecule has 3 heteroatoms. The molecule has 0 spiro atoms. The van der Waals surface area contributed by atoms with Gasteiger partial charge in [0.2, 0.25) is 0 Å². The summed E-state index contributed by atoms with van der Waals surface area (Å²) in [6.07, 6.45) is 6.35. The summed E-state index contributed by atoms with van der Waals surface area (Å²) in [7, 11) is 0. The van der Waals surface area contributed by atoms with Crippen molar-refractivity contribution in [2.75, 3.05) is 5.32 Å². The van der Waals surface area contributed by atoms with Crippen molar-refractivity contribution < 1.29 is 4.74 Å². The van der Waals surface area contributed by atoms with Crippen LogP contribution in [0, 0.1) is 6.92 Å². The summed E-state index contributed by atoms with van der Waals surface area (Å²) in [4.78, 5) is 4.32. The predicted octanol–water partition coefficient (Wildman–Crippen LogP) is 2.12. The molecule has 0 saturated carbocycles. The van der Waals surface area contributed by atoms with Crippen LogP contribution < -0.4 is 5.32 Å². The molecule has 3 heterocycles. The highest BCUT2D eigenvalue weighted by Crippen LogP contribution is 2.35. The van der Waals surface area contributed by atoms with Crippen molar-refractivity contribution in [3.63, 3.8) is 0 Å². The molecule has 0 aromatic carbocycles. The summed E-state index contributed by atoms with van der Waals surface area (Å²) in [5.74, 6) is 0.983. The van der Waals surface area contributed by atoms with Crippen LogP contribution in [0.25, 0.3) is 0 Å². The zero-order valence-corrected chi connectivity index (χ0v) is 8.94. The number of aryl methyl sites for hydroxylation is 1. The van der Waals surface area contributed by atoms with Crippen LogP contribution in [-0.4, -0.2) is 23.2 Å². The van der Waals surface area contributed by atoms with E-state index in [2.05, 4.69) is 23.3 Å². The number of nitrogens with one attached hydrogen (secondary N) is 1. The van der Waals surface area contributed by atoms with Crippen LogP contribution in [-0.2, 0) is 4.74 Å². The van der Waals surface area contributed by atoms with Crippen molar-refractivity contribution >= 4 is 5.82 Å². The number of pyridine rings is 1. The molecule has 1 aromatic heterocycles. The van der Waals surface area contributed by atoms with Gasteiger partial charge < -0.3 is 10.1 Å². The number of rotatable bonds is 2. The lowest BCUT2D eigenvalue weighted by Gasteiger charge is -2.20. The molecule has 2 aliphatic heterocycles. The summed E-state index contributed by atoms with van der Waals surface area (Å²) >= 11 is 0. The van der Waals surface area contributed by atoms with Gasteiger partial charge in [0.05, 0.1) is 18.2 Å². The quantitative estimate of drug-likeness (QED) is 0.801. The van der Waals surface area contributed by atoms with Gasteiger partial charge in [0, 0.05) is 6.20 Å². The van der Waals surface area contributed by atoms with E-state index in [0.717, 1.165) is 12.2 Å². The van der Waals surface area contributed by atoms with Crippen LogP contribution in [0.15, 0.2) is 18.3 Å². The maximum atomic E-state index is 5.80. The molecule has 0 aliphatic carbocycles. The summed E-state index contributed by atoms with van der Waals surface area (Å²) in [6.45, 7) is 2.09. The van der Waals surface area contributed by atoms with E-state index >= 15 is 0 Å². The Morgan fingerprint density at radius 2 is 2.40 bits per heavy atom. The van der Waals surface area contributed by atoms with Crippen LogP contribution >= 0.6 is 0 Å². The molecule has 3 rings (SSSR count). The van der Waals surface area contributed by atoms with Gasteiger partial charge in [-0.05, 0) is 43.9 Å². The van der Waals surface area contributed by atoms with Gasteiger partial charge in [-0.15, -0.1) is 0 Å². The van der Waals surface area contributed by atoms with Crippen molar-refractivity contribution in [1.29, 1.82) is 0 Å². The van der Waals surface area contributed by atoms with E-state index in [9.17, 15) is 0 Å². The fraction of sp³-hybridized carbons (Fsp3) is 0.583. The van der Waals surface area contributed by atoms with Crippen molar-refractivity contribution in [2.24, 2.45) is 0 Å². The van der Waals surface area contributed by atoms with Crippen LogP contribution in [0.3, 0.4) is 0 Å². The fourth-order valence-electron chi connectivity index (χ4n) is 2.59. The third kappa shape index (κ3) is 1.72. The Hall–Kier alpha value is -1.09. The second-order valence-corrected chi connectivity index (χ2v) is 4.58. The van der Waals surface area contributed by atoms with Gasteiger partial charge in [0.15, 0.2) is 0 Å². The molecule has 15 heavy (non-hydrogen) atoms. The minimum atomic E-state index is 0.414. The number of anilines is 1. The SMILES string of the molecule is Cc1ccnc(NC2CC3CCC2O3)c1. The highest BCUT2D eigenvalue weighted by Gasteiger charge is 2.40. The molecule has 3 nitrogen and oxygen atoms in total. The van der Waals surface area contributed by atoms with Crippen molar-refractivity contribution in [3.05, 3.63) is 23.9 Å². The fourth-order valence-corrected chi connectivity index (χ4v) is 2.59. The largest absolute Gasteiger partial charge is 0.373 e. The zero-order chi connectivity index (χ0) is 10.3. The average molecular weight is 204 g/mol. The minimum absolute atomic E-state index is 0.414. The molecule has 3 atom stereocenters. The summed E-state index contributed by atoms with van der Waals surface area (Å²) in [5, 5.41) is 3.48. The minimum Gasteiger partial charge on any atom is -0.373 e. The molecule has 2 bridgehead atoms. The Balaban J connectivity index is 1.71. The summed E-state index contributed by atoms with van der Waals surface area (Å²) in [5.41, 5.74) is 1.25. The number of hydrogen-bond acceptors (Lipinski definition) is 3. The maximum absolute atomic E-state index is 5.80. The highest BCUT2D eigenvalue weighted by molar-refractivity contribution is 5.38. The third-order valence-corrected chi connectivity index (χ3v) is 3.35. The van der Waals surface area contributed by atoms with E-state index in [1.165, 1.54) is 18.4 Å². The number of nitrogens with zero attached hydrogens (tertiary/aromatic N) is 1. The van der Waals surface area contributed by atoms with Gasteiger partial charge in [-0.2, -0.15) is 0 Å². The van der Waals surface area contributed by atoms with E-state index in [0.29, 0.717) is 18.2 Å². The lowest BCUT2D eigenvalue weighted by Crippen LogP contribution is -2.30. The number of ether oxygens (including phenoxy) is 1. The Morgan fingerprint density at radius 3 is 3.07 bits per heavy atom. The average Bonchev–Trinajstić information content (AvgIpc) is 2.79. The Labute approximate surface area is 89.9 Å². The van der Waals surface area contributed by atoms with E-state index in [1.54, 1.807) is 0 Å². The van der Waals surface area contributed by atoms with Gasteiger partial charge in [-0.25, -0.2) is 4.98 Å². The Bertz CT molecular complexity index is 366. The van der Waals surface area contributed by atoms with Crippen molar-refractivity contribution in [1.82, 2.24) is 4.98 Å². The highest BCUT2D eigenvalue weighted by atomic mass is 16.5. The molecule has 0 amide bonds. The Kier molecular flexibility index (Phi) is 2.13. The van der Waals surface area contributed by atoms with Gasteiger partial charge in [0.1, 0.15) is 5.82 Å². The van der Waals surface area contributed by atoms with E-state index < -0.39 is 0 Å². The standard InChI is InChI=1S/C12H16N2O/c1-8-4-5-13-12(6-8)14-10-7-9-2-3-11(10)15-9/h4-6,9-11H,2-3,7H2,1H3,(H,13,14). The predicted molar refractivity (Wildman–Crippen MR) is 58.9 cm³/mol. The van der Waals surface area contributed by atoms with Gasteiger partial charge in [-0.3, -0.25) is 0 Å². The topological polar surface area (TPSA) is 34.2 Å². The first kappa shape index (κ1) is 9.16. The van der Waals surface area contributed by atoms with Crippen LogP contribution in [0.5, 0.6) is 0 Å².